The van der Waals surface area contributed by atoms with Gasteiger partial charge in [0.25, 0.3) is 5.91 Å². The fourth-order valence-electron chi connectivity index (χ4n) is 1.39. The first-order chi connectivity index (χ1) is 8.54. The topological polar surface area (TPSA) is 81.4 Å². The summed E-state index contributed by atoms with van der Waals surface area (Å²) in [4.78, 5) is 22.8. The number of carbonyl (C=O) groups excluding carboxylic acids is 2. The molecule has 0 heterocycles. The Kier molecular flexibility index (Phi) is 7.79. The number of nitrogens with two attached hydrogens (primary N) is 1. The van der Waals surface area contributed by atoms with Crippen molar-refractivity contribution in [3.8, 4) is 5.75 Å². The minimum absolute atomic E-state index is 0. The molecule has 6 heteroatoms. The van der Waals surface area contributed by atoms with Crippen molar-refractivity contribution in [3.05, 3.63) is 29.8 Å². The number of Topliss-reactive ketones (excluding diaryl/α,β-unsaturated/α-hetero) is 1. The van der Waals surface area contributed by atoms with Crippen LogP contribution in [0.15, 0.2) is 24.3 Å². The first-order valence-electron chi connectivity index (χ1n) is 5.80. The molecule has 5 nitrogen and oxygen atoms in total. The summed E-state index contributed by atoms with van der Waals surface area (Å²) in [5.41, 5.74) is 5.85. The average Bonchev–Trinajstić information content (AvgIpc) is 2.36. The fraction of sp³-hybridized carbons (Fsp3) is 0.385. The molecule has 1 rings (SSSR count). The van der Waals surface area contributed by atoms with Gasteiger partial charge in [-0.25, -0.2) is 0 Å². The van der Waals surface area contributed by atoms with Crippen LogP contribution in [-0.2, 0) is 4.79 Å². The van der Waals surface area contributed by atoms with Crippen molar-refractivity contribution in [2.75, 3.05) is 13.1 Å². The lowest BCUT2D eigenvalue weighted by atomic mass is 10.1. The maximum atomic E-state index is 11.6. The SMILES string of the molecule is CC(=O)c1cccc(OC(C)C(=O)NCCN)c1.Cl. The van der Waals surface area contributed by atoms with E-state index in [9.17, 15) is 9.59 Å². The van der Waals surface area contributed by atoms with Crippen molar-refractivity contribution in [2.24, 2.45) is 5.73 Å². The van der Waals surface area contributed by atoms with Gasteiger partial charge in [0.2, 0.25) is 0 Å². The third kappa shape index (κ3) is 5.72. The molecule has 0 saturated heterocycles. The van der Waals surface area contributed by atoms with Crippen molar-refractivity contribution in [1.29, 1.82) is 0 Å². The second-order valence-electron chi connectivity index (χ2n) is 3.92. The maximum absolute atomic E-state index is 11.6. The zero-order chi connectivity index (χ0) is 13.5. The summed E-state index contributed by atoms with van der Waals surface area (Å²) in [6.07, 6.45) is -0.626. The maximum Gasteiger partial charge on any atom is 0.260 e. The second-order valence-corrected chi connectivity index (χ2v) is 3.92. The Morgan fingerprint density at radius 3 is 2.68 bits per heavy atom. The molecule has 0 aliphatic rings. The molecule has 0 aliphatic heterocycles. The number of hydrogen-bond donors (Lipinski definition) is 2. The van der Waals surface area contributed by atoms with Gasteiger partial charge in [0.1, 0.15) is 5.75 Å². The summed E-state index contributed by atoms with van der Waals surface area (Å²) >= 11 is 0. The van der Waals surface area contributed by atoms with E-state index in [0.29, 0.717) is 24.4 Å². The predicted octanol–water partition coefficient (Wildman–Crippen LogP) is 1.15. The zero-order valence-corrected chi connectivity index (χ0v) is 11.8. The van der Waals surface area contributed by atoms with Crippen LogP contribution >= 0.6 is 12.4 Å². The normalized spacial score (nSPS) is 11.1. The highest BCUT2D eigenvalue weighted by atomic mass is 35.5. The number of ether oxygens (including phenoxy) is 1. The number of benzene rings is 1. The summed E-state index contributed by atoms with van der Waals surface area (Å²) < 4.78 is 5.46. The molecule has 0 aliphatic carbocycles. The lowest BCUT2D eigenvalue weighted by Crippen LogP contribution is -2.38. The van der Waals surface area contributed by atoms with E-state index < -0.39 is 6.10 Å². The summed E-state index contributed by atoms with van der Waals surface area (Å²) in [6.45, 7) is 3.93. The molecule has 0 fully saturated rings. The number of carbonyl (C=O) groups is 2. The molecule has 0 aromatic heterocycles. The van der Waals surface area contributed by atoms with Crippen molar-refractivity contribution < 1.29 is 14.3 Å². The van der Waals surface area contributed by atoms with E-state index >= 15 is 0 Å². The molecule has 3 N–H and O–H groups in total. The van der Waals surface area contributed by atoms with Crippen molar-refractivity contribution >= 4 is 24.1 Å². The molecule has 106 valence electrons. The Bertz CT molecular complexity index is 438. The predicted molar refractivity (Wildman–Crippen MR) is 75.8 cm³/mol. The Labute approximate surface area is 118 Å². The van der Waals surface area contributed by atoms with Crippen LogP contribution in [0, 0.1) is 0 Å². The molecule has 1 aromatic carbocycles. The molecule has 1 aromatic rings. The van der Waals surface area contributed by atoms with Crippen LogP contribution in [0.25, 0.3) is 0 Å². The van der Waals surface area contributed by atoms with Crippen LogP contribution in [0.4, 0.5) is 0 Å². The molecule has 1 unspecified atom stereocenters. The van der Waals surface area contributed by atoms with Gasteiger partial charge in [0.15, 0.2) is 11.9 Å². The Hall–Kier alpha value is -1.59. The zero-order valence-electron chi connectivity index (χ0n) is 11.0. The van der Waals surface area contributed by atoms with Crippen LogP contribution < -0.4 is 15.8 Å². The number of nitrogens with one attached hydrogen (secondary N) is 1. The van der Waals surface area contributed by atoms with Gasteiger partial charge in [-0.05, 0) is 26.0 Å². The molecular weight excluding hydrogens is 268 g/mol. The molecule has 19 heavy (non-hydrogen) atoms. The van der Waals surface area contributed by atoms with E-state index in [1.807, 2.05) is 0 Å². The van der Waals surface area contributed by atoms with Gasteiger partial charge in [-0.3, -0.25) is 9.59 Å². The monoisotopic (exact) mass is 286 g/mol. The summed E-state index contributed by atoms with van der Waals surface area (Å²) in [7, 11) is 0. The van der Waals surface area contributed by atoms with E-state index in [-0.39, 0.29) is 24.1 Å². The van der Waals surface area contributed by atoms with Gasteiger partial charge in [0.05, 0.1) is 0 Å². The van der Waals surface area contributed by atoms with Crippen LogP contribution in [0.1, 0.15) is 24.2 Å². The molecular formula is C13H19ClN2O3. The highest BCUT2D eigenvalue weighted by Gasteiger charge is 2.14. The minimum atomic E-state index is -0.626. The van der Waals surface area contributed by atoms with Crippen LogP contribution in [0.2, 0.25) is 0 Å². The Morgan fingerprint density at radius 2 is 2.11 bits per heavy atom. The van der Waals surface area contributed by atoms with E-state index in [2.05, 4.69) is 5.32 Å². The van der Waals surface area contributed by atoms with Crippen molar-refractivity contribution in [3.63, 3.8) is 0 Å². The number of rotatable bonds is 6. The molecule has 0 bridgehead atoms. The Balaban J connectivity index is 0.00000324. The van der Waals surface area contributed by atoms with Crippen LogP contribution in [-0.4, -0.2) is 30.9 Å². The van der Waals surface area contributed by atoms with E-state index in [1.54, 1.807) is 31.2 Å². The van der Waals surface area contributed by atoms with E-state index in [4.69, 9.17) is 10.5 Å². The molecule has 0 spiro atoms. The largest absolute Gasteiger partial charge is 0.481 e. The highest BCUT2D eigenvalue weighted by molar-refractivity contribution is 5.94. The quantitative estimate of drug-likeness (QED) is 0.769. The average molecular weight is 287 g/mol. The molecule has 0 saturated carbocycles. The first-order valence-corrected chi connectivity index (χ1v) is 5.80. The molecule has 0 radical (unpaired) electrons. The Morgan fingerprint density at radius 1 is 1.42 bits per heavy atom. The number of hydrogen-bond acceptors (Lipinski definition) is 4. The van der Waals surface area contributed by atoms with Crippen LogP contribution in [0.5, 0.6) is 5.75 Å². The molecule has 1 amide bonds. The van der Waals surface area contributed by atoms with E-state index in [1.165, 1.54) is 6.92 Å². The summed E-state index contributed by atoms with van der Waals surface area (Å²) in [6, 6.07) is 6.75. The number of amides is 1. The lowest BCUT2D eigenvalue weighted by molar-refractivity contribution is -0.127. The standard InChI is InChI=1S/C13H18N2O3.ClH/c1-9(16)11-4-3-5-12(8-11)18-10(2)13(17)15-7-6-14;/h3-5,8,10H,6-7,14H2,1-2H3,(H,15,17);1H. The van der Waals surface area contributed by atoms with Gasteiger partial charge < -0.3 is 15.8 Å². The minimum Gasteiger partial charge on any atom is -0.481 e. The van der Waals surface area contributed by atoms with E-state index in [0.717, 1.165) is 0 Å². The fourth-order valence-corrected chi connectivity index (χ4v) is 1.39. The van der Waals surface area contributed by atoms with Gasteiger partial charge in [-0.1, -0.05) is 12.1 Å². The van der Waals surface area contributed by atoms with Crippen LogP contribution in [0.3, 0.4) is 0 Å². The van der Waals surface area contributed by atoms with Gasteiger partial charge in [0, 0.05) is 18.7 Å². The van der Waals surface area contributed by atoms with Crippen molar-refractivity contribution in [1.82, 2.24) is 5.32 Å². The number of halogens is 1. The summed E-state index contributed by atoms with van der Waals surface area (Å²) in [5.74, 6) is 0.229. The summed E-state index contributed by atoms with van der Waals surface area (Å²) in [5, 5.41) is 2.63. The smallest absolute Gasteiger partial charge is 0.260 e. The van der Waals surface area contributed by atoms with Gasteiger partial charge in [-0.15, -0.1) is 12.4 Å². The number of ketones is 1. The van der Waals surface area contributed by atoms with Gasteiger partial charge >= 0.3 is 0 Å². The third-order valence-electron chi connectivity index (χ3n) is 2.37. The molecule has 1 atom stereocenters. The highest BCUT2D eigenvalue weighted by Crippen LogP contribution is 2.15. The van der Waals surface area contributed by atoms with Gasteiger partial charge in [-0.2, -0.15) is 0 Å². The third-order valence-corrected chi connectivity index (χ3v) is 2.37. The lowest BCUT2D eigenvalue weighted by Gasteiger charge is -2.14. The second kappa shape index (κ2) is 8.50. The first kappa shape index (κ1) is 17.4. The van der Waals surface area contributed by atoms with Crippen molar-refractivity contribution in [2.45, 2.75) is 20.0 Å².